The van der Waals surface area contributed by atoms with Gasteiger partial charge in [0.2, 0.25) is 0 Å². The monoisotopic (exact) mass is 282 g/mol. The highest BCUT2D eigenvalue weighted by atomic mass is 35.5. The average Bonchev–Trinajstić information content (AvgIpc) is 3.26. The van der Waals surface area contributed by atoms with Crippen molar-refractivity contribution in [3.05, 3.63) is 29.8 Å². The van der Waals surface area contributed by atoms with Gasteiger partial charge in [0.1, 0.15) is 5.75 Å². The molecule has 1 fully saturated rings. The van der Waals surface area contributed by atoms with Crippen LogP contribution in [-0.2, 0) is 11.2 Å². The second kappa shape index (κ2) is 7.76. The lowest BCUT2D eigenvalue weighted by molar-refractivity contribution is 0.127. The van der Waals surface area contributed by atoms with E-state index in [1.165, 1.54) is 18.4 Å². The van der Waals surface area contributed by atoms with E-state index in [0.717, 1.165) is 31.3 Å². The van der Waals surface area contributed by atoms with Gasteiger partial charge in [0.25, 0.3) is 0 Å². The minimum Gasteiger partial charge on any atom is -0.493 e. The summed E-state index contributed by atoms with van der Waals surface area (Å²) in [6.45, 7) is 4.52. The van der Waals surface area contributed by atoms with Crippen molar-refractivity contribution in [2.24, 2.45) is 11.8 Å². The first-order valence-electron chi connectivity index (χ1n) is 7.13. The summed E-state index contributed by atoms with van der Waals surface area (Å²) >= 11 is 5.75. The summed E-state index contributed by atoms with van der Waals surface area (Å²) in [5, 5.41) is 0. The zero-order chi connectivity index (χ0) is 13.5. The molecule has 1 aliphatic carbocycles. The maximum absolute atomic E-state index is 5.75. The van der Waals surface area contributed by atoms with Gasteiger partial charge in [-0.05, 0) is 42.9 Å². The molecule has 0 aromatic heterocycles. The molecule has 19 heavy (non-hydrogen) atoms. The largest absolute Gasteiger partial charge is 0.493 e. The highest BCUT2D eigenvalue weighted by Crippen LogP contribution is 2.28. The van der Waals surface area contributed by atoms with Crippen LogP contribution in [0.4, 0.5) is 0 Å². The first-order valence-corrected chi connectivity index (χ1v) is 7.67. The van der Waals surface area contributed by atoms with Crippen LogP contribution in [0.3, 0.4) is 0 Å². The third kappa shape index (κ3) is 5.84. The fraction of sp³-hybridized carbons (Fsp3) is 0.625. The molecule has 1 saturated carbocycles. The van der Waals surface area contributed by atoms with Gasteiger partial charge in [0, 0.05) is 18.4 Å². The maximum atomic E-state index is 5.75. The maximum Gasteiger partial charge on any atom is 0.119 e. The molecule has 1 aromatic carbocycles. The smallest absolute Gasteiger partial charge is 0.119 e. The van der Waals surface area contributed by atoms with E-state index in [2.05, 4.69) is 19.1 Å². The molecule has 0 amide bonds. The summed E-state index contributed by atoms with van der Waals surface area (Å²) in [4.78, 5) is 0. The molecule has 2 rings (SSSR count). The Morgan fingerprint density at radius 1 is 1.26 bits per heavy atom. The van der Waals surface area contributed by atoms with Gasteiger partial charge in [-0.2, -0.15) is 0 Å². The van der Waals surface area contributed by atoms with Gasteiger partial charge in [-0.3, -0.25) is 0 Å². The van der Waals surface area contributed by atoms with Crippen molar-refractivity contribution < 1.29 is 9.47 Å². The summed E-state index contributed by atoms with van der Waals surface area (Å²) in [5.41, 5.74) is 1.30. The highest BCUT2D eigenvalue weighted by molar-refractivity contribution is 6.18. The zero-order valence-corrected chi connectivity index (χ0v) is 12.4. The van der Waals surface area contributed by atoms with Crippen molar-refractivity contribution >= 4 is 11.6 Å². The first kappa shape index (κ1) is 14.7. The summed E-state index contributed by atoms with van der Waals surface area (Å²) < 4.78 is 11.3. The van der Waals surface area contributed by atoms with Crippen LogP contribution in [0.5, 0.6) is 5.75 Å². The molecule has 1 unspecified atom stereocenters. The predicted octanol–water partition coefficient (Wildman–Crippen LogP) is 3.91. The lowest BCUT2D eigenvalue weighted by Crippen LogP contribution is -2.09. The zero-order valence-electron chi connectivity index (χ0n) is 11.6. The quantitative estimate of drug-likeness (QED) is 0.505. The Kier molecular flexibility index (Phi) is 5.99. The van der Waals surface area contributed by atoms with E-state index in [-0.39, 0.29) is 0 Å². The fourth-order valence-electron chi connectivity index (χ4n) is 1.76. The van der Waals surface area contributed by atoms with Crippen LogP contribution in [0.25, 0.3) is 0 Å². The minimum absolute atomic E-state index is 0.386. The molecule has 0 radical (unpaired) electrons. The van der Waals surface area contributed by atoms with Crippen molar-refractivity contribution in [1.29, 1.82) is 0 Å². The molecular formula is C16H23ClO2. The molecule has 1 aromatic rings. The van der Waals surface area contributed by atoms with Gasteiger partial charge in [0.05, 0.1) is 13.2 Å². The number of hydrogen-bond acceptors (Lipinski definition) is 2. The minimum atomic E-state index is 0.386. The number of alkyl halides is 1. The second-order valence-electron chi connectivity index (χ2n) is 5.48. The van der Waals surface area contributed by atoms with E-state index in [0.29, 0.717) is 18.4 Å². The summed E-state index contributed by atoms with van der Waals surface area (Å²) in [6, 6.07) is 8.27. The Labute approximate surface area is 121 Å². The SMILES string of the molecule is CC(CCl)COc1ccc(CCOCC2CC2)cc1. The average molecular weight is 283 g/mol. The standard InChI is InChI=1S/C16H23ClO2/c1-13(10-17)11-19-16-6-4-14(5-7-16)8-9-18-12-15-2-3-15/h4-7,13,15H,2-3,8-12H2,1H3. The summed E-state index contributed by atoms with van der Waals surface area (Å²) in [5.74, 6) is 2.78. The fourth-order valence-corrected chi connectivity index (χ4v) is 1.85. The number of rotatable bonds is 9. The molecule has 1 atom stereocenters. The lowest BCUT2D eigenvalue weighted by Gasteiger charge is -2.10. The van der Waals surface area contributed by atoms with Crippen molar-refractivity contribution in [1.82, 2.24) is 0 Å². The molecule has 1 aliphatic rings. The molecule has 3 heteroatoms. The predicted molar refractivity (Wildman–Crippen MR) is 79.1 cm³/mol. The van der Waals surface area contributed by atoms with Gasteiger partial charge in [-0.1, -0.05) is 19.1 Å². The molecule has 0 N–H and O–H groups in total. The second-order valence-corrected chi connectivity index (χ2v) is 5.79. The van der Waals surface area contributed by atoms with Crippen molar-refractivity contribution in [3.63, 3.8) is 0 Å². The molecule has 0 aliphatic heterocycles. The Bertz CT molecular complexity index is 360. The van der Waals surface area contributed by atoms with E-state index in [1.807, 2.05) is 12.1 Å². The molecule has 0 heterocycles. The molecule has 0 spiro atoms. The molecule has 2 nitrogen and oxygen atoms in total. The Morgan fingerprint density at radius 2 is 2.00 bits per heavy atom. The van der Waals surface area contributed by atoms with Gasteiger partial charge in [-0.25, -0.2) is 0 Å². The number of halogens is 1. The Morgan fingerprint density at radius 3 is 2.63 bits per heavy atom. The Balaban J connectivity index is 1.65. The van der Waals surface area contributed by atoms with Gasteiger partial charge in [0.15, 0.2) is 0 Å². The third-order valence-electron chi connectivity index (χ3n) is 3.31. The topological polar surface area (TPSA) is 18.5 Å². The molecule has 106 valence electrons. The van der Waals surface area contributed by atoms with Crippen molar-refractivity contribution in [3.8, 4) is 5.75 Å². The molecule has 0 bridgehead atoms. The van der Waals surface area contributed by atoms with Gasteiger partial charge in [-0.15, -0.1) is 11.6 Å². The Hall–Kier alpha value is -0.730. The summed E-state index contributed by atoms with van der Waals surface area (Å²) in [6.07, 6.45) is 3.69. The van der Waals surface area contributed by atoms with E-state index in [4.69, 9.17) is 21.1 Å². The number of benzene rings is 1. The van der Waals surface area contributed by atoms with Crippen LogP contribution in [0.1, 0.15) is 25.3 Å². The van der Waals surface area contributed by atoms with E-state index < -0.39 is 0 Å². The first-order chi connectivity index (χ1) is 9.28. The number of ether oxygens (including phenoxy) is 2. The van der Waals surface area contributed by atoms with E-state index >= 15 is 0 Å². The number of hydrogen-bond donors (Lipinski definition) is 0. The molecular weight excluding hydrogens is 260 g/mol. The highest BCUT2D eigenvalue weighted by Gasteiger charge is 2.20. The van der Waals surface area contributed by atoms with Crippen LogP contribution >= 0.6 is 11.6 Å². The van der Waals surface area contributed by atoms with Crippen molar-refractivity contribution in [2.45, 2.75) is 26.2 Å². The van der Waals surface area contributed by atoms with E-state index in [9.17, 15) is 0 Å². The summed E-state index contributed by atoms with van der Waals surface area (Å²) in [7, 11) is 0. The third-order valence-corrected chi connectivity index (χ3v) is 3.83. The van der Waals surface area contributed by atoms with E-state index in [1.54, 1.807) is 0 Å². The van der Waals surface area contributed by atoms with Gasteiger partial charge >= 0.3 is 0 Å². The lowest BCUT2D eigenvalue weighted by atomic mass is 10.1. The van der Waals surface area contributed by atoms with Crippen molar-refractivity contribution in [2.75, 3.05) is 25.7 Å². The van der Waals surface area contributed by atoms with Crippen LogP contribution in [-0.4, -0.2) is 25.7 Å². The van der Waals surface area contributed by atoms with Crippen LogP contribution < -0.4 is 4.74 Å². The van der Waals surface area contributed by atoms with Crippen LogP contribution in [0, 0.1) is 11.8 Å². The molecule has 0 saturated heterocycles. The van der Waals surface area contributed by atoms with Gasteiger partial charge < -0.3 is 9.47 Å². The van der Waals surface area contributed by atoms with Crippen LogP contribution in [0.2, 0.25) is 0 Å². The normalized spacial score (nSPS) is 16.3. The van der Waals surface area contributed by atoms with Crippen LogP contribution in [0.15, 0.2) is 24.3 Å².